The lowest BCUT2D eigenvalue weighted by molar-refractivity contribution is 0.0761. The highest BCUT2D eigenvalue weighted by atomic mass is 16.3. The van der Waals surface area contributed by atoms with E-state index in [-0.39, 0.29) is 6.10 Å². The molecule has 3 aliphatic rings. The van der Waals surface area contributed by atoms with Crippen LogP contribution in [0.25, 0.3) is 0 Å². The van der Waals surface area contributed by atoms with E-state index in [1.807, 2.05) is 0 Å². The normalized spacial score (nSPS) is 44.3. The molecule has 1 spiro atoms. The van der Waals surface area contributed by atoms with Crippen molar-refractivity contribution in [3.63, 3.8) is 0 Å². The monoisotopic (exact) mass is 238 g/mol. The van der Waals surface area contributed by atoms with E-state index in [1.165, 1.54) is 58.3 Å². The molecule has 2 saturated heterocycles. The number of piperidine rings is 1. The van der Waals surface area contributed by atoms with Crippen molar-refractivity contribution in [2.75, 3.05) is 26.2 Å². The Balaban J connectivity index is 1.56. The van der Waals surface area contributed by atoms with E-state index >= 15 is 0 Å². The number of rotatable bonds is 1. The first-order chi connectivity index (χ1) is 8.27. The van der Waals surface area contributed by atoms with Gasteiger partial charge in [0.05, 0.1) is 6.10 Å². The molecule has 3 rings (SSSR count). The quantitative estimate of drug-likeness (QED) is 0.724. The Morgan fingerprint density at radius 1 is 1.12 bits per heavy atom. The maximum absolute atomic E-state index is 9.58. The Bertz CT molecular complexity index is 255. The summed E-state index contributed by atoms with van der Waals surface area (Å²) in [5.74, 6) is 0. The average Bonchev–Trinajstić information content (AvgIpc) is 2.75. The van der Waals surface area contributed by atoms with Gasteiger partial charge >= 0.3 is 0 Å². The first kappa shape index (κ1) is 11.9. The SMILES string of the molecule is O[C@H]1CC[C@@H](N2CC[C@]3(CCCNC3)C2)CC1. The Morgan fingerprint density at radius 2 is 1.94 bits per heavy atom. The summed E-state index contributed by atoms with van der Waals surface area (Å²) in [5, 5.41) is 13.2. The maximum Gasteiger partial charge on any atom is 0.0541 e. The van der Waals surface area contributed by atoms with E-state index in [9.17, 15) is 5.11 Å². The summed E-state index contributed by atoms with van der Waals surface area (Å²) >= 11 is 0. The van der Waals surface area contributed by atoms with Crippen LogP contribution in [0.1, 0.15) is 44.9 Å². The van der Waals surface area contributed by atoms with Crippen LogP contribution >= 0.6 is 0 Å². The van der Waals surface area contributed by atoms with Crippen molar-refractivity contribution >= 4 is 0 Å². The van der Waals surface area contributed by atoms with Crippen molar-refractivity contribution in [2.24, 2.45) is 5.41 Å². The van der Waals surface area contributed by atoms with Crippen LogP contribution in [-0.2, 0) is 0 Å². The van der Waals surface area contributed by atoms with Crippen LogP contribution in [0.15, 0.2) is 0 Å². The van der Waals surface area contributed by atoms with Crippen LogP contribution in [0, 0.1) is 5.41 Å². The van der Waals surface area contributed by atoms with Crippen molar-refractivity contribution in [1.29, 1.82) is 0 Å². The molecule has 98 valence electrons. The predicted molar refractivity (Wildman–Crippen MR) is 69.0 cm³/mol. The highest BCUT2D eigenvalue weighted by molar-refractivity contribution is 4.96. The van der Waals surface area contributed by atoms with Crippen LogP contribution < -0.4 is 5.32 Å². The fourth-order valence-electron chi connectivity index (χ4n) is 4.08. The van der Waals surface area contributed by atoms with Gasteiger partial charge < -0.3 is 10.4 Å². The molecule has 3 nitrogen and oxygen atoms in total. The number of aliphatic hydroxyl groups is 1. The molecule has 0 amide bonds. The zero-order valence-corrected chi connectivity index (χ0v) is 10.8. The van der Waals surface area contributed by atoms with Gasteiger partial charge in [0.15, 0.2) is 0 Å². The summed E-state index contributed by atoms with van der Waals surface area (Å²) in [4.78, 5) is 2.72. The van der Waals surface area contributed by atoms with Gasteiger partial charge in [-0.2, -0.15) is 0 Å². The van der Waals surface area contributed by atoms with E-state index in [0.29, 0.717) is 5.41 Å². The topological polar surface area (TPSA) is 35.5 Å². The molecular weight excluding hydrogens is 212 g/mol. The second kappa shape index (κ2) is 4.87. The fourth-order valence-corrected chi connectivity index (χ4v) is 4.08. The maximum atomic E-state index is 9.58. The first-order valence-electron chi connectivity index (χ1n) is 7.40. The molecule has 2 aliphatic heterocycles. The molecule has 2 heterocycles. The zero-order valence-electron chi connectivity index (χ0n) is 10.8. The number of aliphatic hydroxyl groups excluding tert-OH is 1. The molecule has 3 fully saturated rings. The van der Waals surface area contributed by atoms with Gasteiger partial charge in [-0.25, -0.2) is 0 Å². The van der Waals surface area contributed by atoms with E-state index < -0.39 is 0 Å². The van der Waals surface area contributed by atoms with E-state index in [2.05, 4.69) is 10.2 Å². The van der Waals surface area contributed by atoms with E-state index in [4.69, 9.17) is 0 Å². The van der Waals surface area contributed by atoms with Gasteiger partial charge in [-0.15, -0.1) is 0 Å². The Hall–Kier alpha value is -0.120. The van der Waals surface area contributed by atoms with E-state index in [0.717, 1.165) is 18.9 Å². The molecule has 17 heavy (non-hydrogen) atoms. The van der Waals surface area contributed by atoms with Crippen LogP contribution in [0.2, 0.25) is 0 Å². The number of nitrogens with zero attached hydrogens (tertiary/aromatic N) is 1. The number of likely N-dealkylation sites (tertiary alicyclic amines) is 1. The second-order valence-electron chi connectivity index (χ2n) is 6.46. The third-order valence-electron chi connectivity index (χ3n) is 5.21. The molecule has 0 aromatic carbocycles. The smallest absolute Gasteiger partial charge is 0.0541 e. The lowest BCUT2D eigenvalue weighted by Gasteiger charge is -2.37. The molecule has 0 aromatic rings. The molecule has 3 heteroatoms. The van der Waals surface area contributed by atoms with Gasteiger partial charge in [0.1, 0.15) is 0 Å². The molecule has 0 radical (unpaired) electrons. The molecule has 0 unspecified atom stereocenters. The minimum atomic E-state index is -0.0147. The van der Waals surface area contributed by atoms with E-state index in [1.54, 1.807) is 0 Å². The lowest BCUT2D eigenvalue weighted by Crippen LogP contribution is -2.44. The van der Waals surface area contributed by atoms with Gasteiger partial charge in [-0.1, -0.05) is 0 Å². The van der Waals surface area contributed by atoms with Crippen LogP contribution in [0.4, 0.5) is 0 Å². The third-order valence-corrected chi connectivity index (χ3v) is 5.21. The van der Waals surface area contributed by atoms with Crippen molar-refractivity contribution < 1.29 is 5.11 Å². The predicted octanol–water partition coefficient (Wildman–Crippen LogP) is 1.37. The molecule has 0 bridgehead atoms. The van der Waals surface area contributed by atoms with Gasteiger partial charge in [0.2, 0.25) is 0 Å². The van der Waals surface area contributed by atoms with Crippen molar-refractivity contribution in [1.82, 2.24) is 10.2 Å². The highest BCUT2D eigenvalue weighted by Crippen LogP contribution is 2.39. The average molecular weight is 238 g/mol. The second-order valence-corrected chi connectivity index (χ2v) is 6.46. The Kier molecular flexibility index (Phi) is 3.42. The lowest BCUT2D eigenvalue weighted by atomic mass is 9.80. The Morgan fingerprint density at radius 3 is 2.65 bits per heavy atom. The largest absolute Gasteiger partial charge is 0.393 e. The van der Waals surface area contributed by atoms with Crippen molar-refractivity contribution in [3.05, 3.63) is 0 Å². The number of nitrogens with one attached hydrogen (secondary N) is 1. The molecule has 1 saturated carbocycles. The van der Waals surface area contributed by atoms with Crippen molar-refractivity contribution in [3.8, 4) is 0 Å². The number of hydrogen-bond acceptors (Lipinski definition) is 3. The minimum absolute atomic E-state index is 0.0147. The summed E-state index contributed by atoms with van der Waals surface area (Å²) < 4.78 is 0. The van der Waals surface area contributed by atoms with Gasteiger partial charge in [-0.05, 0) is 63.5 Å². The van der Waals surface area contributed by atoms with Crippen LogP contribution in [-0.4, -0.2) is 48.3 Å². The third kappa shape index (κ3) is 2.51. The van der Waals surface area contributed by atoms with Gasteiger partial charge in [0.25, 0.3) is 0 Å². The fraction of sp³-hybridized carbons (Fsp3) is 1.00. The summed E-state index contributed by atoms with van der Waals surface area (Å²) in [5.41, 5.74) is 0.592. The minimum Gasteiger partial charge on any atom is -0.393 e. The Labute approximate surface area is 105 Å². The first-order valence-corrected chi connectivity index (χ1v) is 7.40. The summed E-state index contributed by atoms with van der Waals surface area (Å²) in [6.07, 6.45) is 8.62. The highest BCUT2D eigenvalue weighted by Gasteiger charge is 2.41. The standard InChI is InChI=1S/C14H26N2O/c17-13-4-2-12(3-5-13)16-9-7-14(11-16)6-1-8-15-10-14/h12-13,15,17H,1-11H2/t12-,13+,14-/m0/s1. The van der Waals surface area contributed by atoms with Gasteiger partial charge in [0, 0.05) is 19.1 Å². The zero-order chi connectivity index (χ0) is 11.7. The van der Waals surface area contributed by atoms with Crippen molar-refractivity contribution in [2.45, 2.75) is 57.1 Å². The molecular formula is C14H26N2O. The summed E-state index contributed by atoms with van der Waals surface area (Å²) in [6.45, 7) is 5.05. The van der Waals surface area contributed by atoms with Crippen LogP contribution in [0.3, 0.4) is 0 Å². The summed E-state index contributed by atoms with van der Waals surface area (Å²) in [7, 11) is 0. The number of hydrogen-bond donors (Lipinski definition) is 2. The van der Waals surface area contributed by atoms with Gasteiger partial charge in [-0.3, -0.25) is 4.90 Å². The molecule has 1 atom stereocenters. The molecule has 0 aromatic heterocycles. The molecule has 2 N–H and O–H groups in total. The molecule has 1 aliphatic carbocycles. The summed E-state index contributed by atoms with van der Waals surface area (Å²) in [6, 6.07) is 0.764. The van der Waals surface area contributed by atoms with Crippen LogP contribution in [0.5, 0.6) is 0 Å².